The monoisotopic (exact) mass is 242 g/mol. The maximum Gasteiger partial charge on any atom is 0.224 e. The van der Waals surface area contributed by atoms with Crippen LogP contribution in [0.4, 0.5) is 0 Å². The number of amides is 1. The van der Waals surface area contributed by atoms with Crippen LogP contribution in [-0.4, -0.2) is 32.2 Å². The summed E-state index contributed by atoms with van der Waals surface area (Å²) >= 11 is 0. The molecule has 2 atom stereocenters. The van der Waals surface area contributed by atoms with Crippen LogP contribution in [0.5, 0.6) is 0 Å². The predicted octanol–water partition coefficient (Wildman–Crippen LogP) is 1.44. The van der Waals surface area contributed by atoms with Gasteiger partial charge in [0.15, 0.2) is 0 Å². The summed E-state index contributed by atoms with van der Waals surface area (Å²) in [7, 11) is 1.71. The average Bonchev–Trinajstić information content (AvgIpc) is 2.34. The van der Waals surface area contributed by atoms with Gasteiger partial charge in [0.05, 0.1) is 5.92 Å². The number of methoxy groups -OCH3 is 1. The lowest BCUT2D eigenvalue weighted by atomic mass is 9.84. The molecule has 0 heterocycles. The van der Waals surface area contributed by atoms with Crippen molar-refractivity contribution in [2.45, 2.75) is 51.0 Å². The molecule has 100 valence electrons. The van der Waals surface area contributed by atoms with Crippen LogP contribution in [0.15, 0.2) is 0 Å². The zero-order valence-corrected chi connectivity index (χ0v) is 10.9. The Balaban J connectivity index is 2.07. The lowest BCUT2D eigenvalue weighted by molar-refractivity contribution is -0.126. The highest BCUT2D eigenvalue weighted by atomic mass is 16.5. The predicted molar refractivity (Wildman–Crippen MR) is 68.7 cm³/mol. The molecule has 1 aliphatic carbocycles. The van der Waals surface area contributed by atoms with E-state index >= 15 is 0 Å². The van der Waals surface area contributed by atoms with Gasteiger partial charge in [0.25, 0.3) is 0 Å². The van der Waals surface area contributed by atoms with Crippen molar-refractivity contribution < 1.29 is 9.53 Å². The van der Waals surface area contributed by atoms with Gasteiger partial charge >= 0.3 is 0 Å². The van der Waals surface area contributed by atoms with Gasteiger partial charge in [-0.15, -0.1) is 0 Å². The second-order valence-corrected chi connectivity index (χ2v) is 4.90. The zero-order chi connectivity index (χ0) is 12.5. The van der Waals surface area contributed by atoms with Gasteiger partial charge in [-0.05, 0) is 32.1 Å². The molecule has 3 N–H and O–H groups in total. The molecule has 0 radical (unpaired) electrons. The Kier molecular flexibility index (Phi) is 7.21. The van der Waals surface area contributed by atoms with Crippen molar-refractivity contribution in [2.24, 2.45) is 11.7 Å². The molecule has 0 aromatic rings. The molecule has 0 spiro atoms. The van der Waals surface area contributed by atoms with E-state index in [4.69, 9.17) is 10.5 Å². The van der Waals surface area contributed by atoms with E-state index in [0.717, 1.165) is 51.7 Å². The Morgan fingerprint density at radius 2 is 2.06 bits per heavy atom. The van der Waals surface area contributed by atoms with Gasteiger partial charge in [-0.2, -0.15) is 0 Å². The molecule has 1 fully saturated rings. The largest absolute Gasteiger partial charge is 0.385 e. The molecular formula is C13H26N2O2. The number of nitrogens with two attached hydrogens (primary N) is 1. The van der Waals surface area contributed by atoms with Gasteiger partial charge in [0.2, 0.25) is 5.91 Å². The molecule has 1 saturated carbocycles. The zero-order valence-electron chi connectivity index (χ0n) is 10.9. The van der Waals surface area contributed by atoms with E-state index in [1.54, 1.807) is 7.11 Å². The molecule has 1 rings (SSSR count). The van der Waals surface area contributed by atoms with Gasteiger partial charge in [-0.3, -0.25) is 4.79 Å². The fourth-order valence-electron chi connectivity index (χ4n) is 2.38. The number of hydrogen-bond acceptors (Lipinski definition) is 3. The SMILES string of the molecule is COCCCCCNC(=O)C1CCCCC1N. The Labute approximate surface area is 104 Å². The molecule has 4 heteroatoms. The van der Waals surface area contributed by atoms with Crippen molar-refractivity contribution in [3.05, 3.63) is 0 Å². The van der Waals surface area contributed by atoms with Crippen molar-refractivity contribution >= 4 is 5.91 Å². The number of hydrogen-bond donors (Lipinski definition) is 2. The van der Waals surface area contributed by atoms with E-state index in [9.17, 15) is 4.79 Å². The highest BCUT2D eigenvalue weighted by molar-refractivity contribution is 5.79. The van der Waals surface area contributed by atoms with Crippen LogP contribution in [-0.2, 0) is 9.53 Å². The summed E-state index contributed by atoms with van der Waals surface area (Å²) in [5, 5.41) is 3.00. The molecule has 0 aliphatic heterocycles. The van der Waals surface area contributed by atoms with Crippen molar-refractivity contribution in [2.75, 3.05) is 20.3 Å². The van der Waals surface area contributed by atoms with Crippen LogP contribution >= 0.6 is 0 Å². The topological polar surface area (TPSA) is 64.3 Å². The lowest BCUT2D eigenvalue weighted by Gasteiger charge is -2.27. The van der Waals surface area contributed by atoms with Crippen molar-refractivity contribution in [3.8, 4) is 0 Å². The summed E-state index contributed by atoms with van der Waals surface area (Å²) in [4.78, 5) is 11.9. The molecule has 1 amide bonds. The quantitative estimate of drug-likeness (QED) is 0.664. The maximum absolute atomic E-state index is 11.9. The molecule has 4 nitrogen and oxygen atoms in total. The first-order chi connectivity index (χ1) is 8.25. The molecule has 17 heavy (non-hydrogen) atoms. The van der Waals surface area contributed by atoms with Crippen molar-refractivity contribution in [1.82, 2.24) is 5.32 Å². The third-order valence-corrected chi connectivity index (χ3v) is 3.48. The standard InChI is InChI=1S/C13H26N2O2/c1-17-10-6-2-5-9-15-13(16)11-7-3-4-8-12(11)14/h11-12H,2-10,14H2,1H3,(H,15,16). The Morgan fingerprint density at radius 3 is 2.76 bits per heavy atom. The van der Waals surface area contributed by atoms with Gasteiger partial charge in [-0.1, -0.05) is 12.8 Å². The highest BCUT2D eigenvalue weighted by Gasteiger charge is 2.27. The van der Waals surface area contributed by atoms with E-state index in [2.05, 4.69) is 5.32 Å². The minimum atomic E-state index is 0.0442. The van der Waals surface area contributed by atoms with Crippen LogP contribution in [0.3, 0.4) is 0 Å². The van der Waals surface area contributed by atoms with E-state index in [0.29, 0.717) is 0 Å². The summed E-state index contributed by atoms with van der Waals surface area (Å²) in [5.41, 5.74) is 5.97. The number of carbonyl (C=O) groups is 1. The molecule has 0 bridgehead atoms. The molecule has 0 aromatic heterocycles. The van der Waals surface area contributed by atoms with Crippen LogP contribution < -0.4 is 11.1 Å². The third kappa shape index (κ3) is 5.50. The second-order valence-electron chi connectivity index (χ2n) is 4.90. The number of carbonyl (C=O) groups excluding carboxylic acids is 1. The first kappa shape index (κ1) is 14.5. The van der Waals surface area contributed by atoms with Gasteiger partial charge < -0.3 is 15.8 Å². The second kappa shape index (κ2) is 8.48. The Morgan fingerprint density at radius 1 is 1.29 bits per heavy atom. The number of unbranched alkanes of at least 4 members (excludes halogenated alkanes) is 2. The minimum Gasteiger partial charge on any atom is -0.385 e. The normalized spacial score (nSPS) is 24.6. The van der Waals surface area contributed by atoms with Crippen LogP contribution in [0.1, 0.15) is 44.9 Å². The first-order valence-corrected chi connectivity index (χ1v) is 6.78. The molecule has 0 saturated heterocycles. The van der Waals surface area contributed by atoms with E-state index in [1.807, 2.05) is 0 Å². The van der Waals surface area contributed by atoms with Crippen molar-refractivity contribution in [3.63, 3.8) is 0 Å². The van der Waals surface area contributed by atoms with Gasteiger partial charge in [0, 0.05) is 26.3 Å². The summed E-state index contributed by atoms with van der Waals surface area (Å²) in [6, 6.07) is 0.0669. The molecular weight excluding hydrogens is 216 g/mol. The lowest BCUT2D eigenvalue weighted by Crippen LogP contribution is -2.43. The summed E-state index contributed by atoms with van der Waals surface area (Å²) in [6.07, 6.45) is 7.45. The fraction of sp³-hybridized carbons (Fsp3) is 0.923. The van der Waals surface area contributed by atoms with E-state index < -0.39 is 0 Å². The summed E-state index contributed by atoms with van der Waals surface area (Å²) < 4.78 is 4.97. The summed E-state index contributed by atoms with van der Waals surface area (Å²) in [6.45, 7) is 1.58. The van der Waals surface area contributed by atoms with Crippen LogP contribution in [0.2, 0.25) is 0 Å². The number of nitrogens with one attached hydrogen (secondary N) is 1. The first-order valence-electron chi connectivity index (χ1n) is 6.78. The Hall–Kier alpha value is -0.610. The molecule has 2 unspecified atom stereocenters. The highest BCUT2D eigenvalue weighted by Crippen LogP contribution is 2.22. The molecule has 0 aromatic carbocycles. The fourth-order valence-corrected chi connectivity index (χ4v) is 2.38. The van der Waals surface area contributed by atoms with Gasteiger partial charge in [-0.25, -0.2) is 0 Å². The number of rotatable bonds is 7. The van der Waals surface area contributed by atoms with E-state index in [-0.39, 0.29) is 17.9 Å². The van der Waals surface area contributed by atoms with Crippen molar-refractivity contribution in [1.29, 1.82) is 0 Å². The minimum absolute atomic E-state index is 0.0442. The smallest absolute Gasteiger partial charge is 0.224 e. The number of ether oxygens (including phenoxy) is 1. The molecule has 1 aliphatic rings. The van der Waals surface area contributed by atoms with Crippen LogP contribution in [0.25, 0.3) is 0 Å². The summed E-state index contributed by atoms with van der Waals surface area (Å²) in [5.74, 6) is 0.201. The average molecular weight is 242 g/mol. The van der Waals surface area contributed by atoms with Gasteiger partial charge in [0.1, 0.15) is 0 Å². The maximum atomic E-state index is 11.9. The van der Waals surface area contributed by atoms with E-state index in [1.165, 1.54) is 6.42 Å². The van der Waals surface area contributed by atoms with Crippen LogP contribution in [0, 0.1) is 5.92 Å². The third-order valence-electron chi connectivity index (χ3n) is 3.48. The Bertz CT molecular complexity index is 221.